The first kappa shape index (κ1) is 18.9. The Hall–Kier alpha value is -1.88. The SMILES string of the molecule is Cc1ccc(N2CC(C(=O)NC3CC(C)(C)NC(C)(C)C3)CC2=O)cc1. The average Bonchev–Trinajstić information content (AvgIpc) is 2.87. The van der Waals surface area contributed by atoms with Crippen molar-refractivity contribution in [3.63, 3.8) is 0 Å². The highest BCUT2D eigenvalue weighted by Gasteiger charge is 2.40. The van der Waals surface area contributed by atoms with Gasteiger partial charge in [0.25, 0.3) is 0 Å². The molecule has 1 atom stereocenters. The molecule has 2 saturated heterocycles. The first-order chi connectivity index (χ1) is 12.0. The van der Waals surface area contributed by atoms with Gasteiger partial charge in [0, 0.05) is 35.8 Å². The molecule has 2 amide bonds. The normalized spacial score (nSPS) is 25.3. The second-order valence-electron chi connectivity index (χ2n) is 9.25. The van der Waals surface area contributed by atoms with Gasteiger partial charge in [-0.2, -0.15) is 0 Å². The van der Waals surface area contributed by atoms with Crippen LogP contribution in [-0.2, 0) is 9.59 Å². The molecule has 0 aromatic heterocycles. The van der Waals surface area contributed by atoms with E-state index in [1.165, 1.54) is 0 Å². The molecule has 2 aliphatic heterocycles. The van der Waals surface area contributed by atoms with E-state index in [1.807, 2.05) is 31.2 Å². The molecule has 1 aromatic carbocycles. The van der Waals surface area contributed by atoms with Gasteiger partial charge in [-0.25, -0.2) is 0 Å². The molecule has 2 fully saturated rings. The summed E-state index contributed by atoms with van der Waals surface area (Å²) in [6, 6.07) is 8.03. The van der Waals surface area contributed by atoms with Crippen molar-refractivity contribution in [1.29, 1.82) is 0 Å². The Bertz CT molecular complexity index is 678. The molecule has 26 heavy (non-hydrogen) atoms. The second-order valence-corrected chi connectivity index (χ2v) is 9.25. The van der Waals surface area contributed by atoms with Crippen LogP contribution >= 0.6 is 0 Å². The molecule has 2 N–H and O–H groups in total. The first-order valence-electron chi connectivity index (χ1n) is 9.51. The van der Waals surface area contributed by atoms with Crippen LogP contribution in [-0.4, -0.2) is 35.5 Å². The second kappa shape index (κ2) is 6.69. The van der Waals surface area contributed by atoms with E-state index >= 15 is 0 Å². The molecular formula is C21H31N3O2. The third kappa shape index (κ3) is 4.26. The molecule has 0 spiro atoms. The van der Waals surface area contributed by atoms with Gasteiger partial charge in [-0.3, -0.25) is 9.59 Å². The maximum absolute atomic E-state index is 12.8. The van der Waals surface area contributed by atoms with Crippen molar-refractivity contribution in [2.45, 2.75) is 71.0 Å². The lowest BCUT2D eigenvalue weighted by atomic mass is 9.79. The maximum atomic E-state index is 12.8. The number of piperidine rings is 1. The van der Waals surface area contributed by atoms with Crippen molar-refractivity contribution in [2.75, 3.05) is 11.4 Å². The number of aryl methyl sites for hydroxylation is 1. The number of hydrogen-bond acceptors (Lipinski definition) is 3. The summed E-state index contributed by atoms with van der Waals surface area (Å²) in [5, 5.41) is 6.85. The van der Waals surface area contributed by atoms with E-state index in [4.69, 9.17) is 0 Å². The zero-order valence-electron chi connectivity index (χ0n) is 16.6. The summed E-state index contributed by atoms with van der Waals surface area (Å²) in [5.41, 5.74) is 2.00. The Morgan fingerprint density at radius 1 is 1.12 bits per heavy atom. The van der Waals surface area contributed by atoms with Crippen LogP contribution in [0.3, 0.4) is 0 Å². The summed E-state index contributed by atoms with van der Waals surface area (Å²) in [4.78, 5) is 26.9. The van der Waals surface area contributed by atoms with Gasteiger partial charge in [-0.15, -0.1) is 0 Å². The zero-order chi connectivity index (χ0) is 19.1. The number of hydrogen-bond donors (Lipinski definition) is 2. The van der Waals surface area contributed by atoms with Crippen molar-refractivity contribution in [3.8, 4) is 0 Å². The first-order valence-corrected chi connectivity index (χ1v) is 9.51. The lowest BCUT2D eigenvalue weighted by Crippen LogP contribution is -2.62. The van der Waals surface area contributed by atoms with Crippen LogP contribution in [0.4, 0.5) is 5.69 Å². The quantitative estimate of drug-likeness (QED) is 0.874. The van der Waals surface area contributed by atoms with Gasteiger partial charge < -0.3 is 15.5 Å². The minimum atomic E-state index is -0.273. The fraction of sp³-hybridized carbons (Fsp3) is 0.619. The predicted octanol–water partition coefficient (Wildman–Crippen LogP) is 2.77. The fourth-order valence-corrected chi connectivity index (χ4v) is 4.60. The largest absolute Gasteiger partial charge is 0.353 e. The van der Waals surface area contributed by atoms with Gasteiger partial charge in [0.15, 0.2) is 0 Å². The highest BCUT2D eigenvalue weighted by molar-refractivity contribution is 6.00. The molecule has 5 heteroatoms. The number of amides is 2. The molecule has 0 radical (unpaired) electrons. The van der Waals surface area contributed by atoms with Crippen molar-refractivity contribution in [1.82, 2.24) is 10.6 Å². The third-order valence-electron chi connectivity index (χ3n) is 5.38. The summed E-state index contributed by atoms with van der Waals surface area (Å²) in [5.74, 6) is -0.239. The summed E-state index contributed by atoms with van der Waals surface area (Å²) in [7, 11) is 0. The summed E-state index contributed by atoms with van der Waals surface area (Å²) in [6.07, 6.45) is 2.08. The van der Waals surface area contributed by atoms with Crippen LogP contribution in [0, 0.1) is 12.8 Å². The molecule has 1 aromatic rings. The van der Waals surface area contributed by atoms with E-state index in [-0.39, 0.29) is 41.3 Å². The van der Waals surface area contributed by atoms with E-state index in [2.05, 4.69) is 38.3 Å². The Labute approximate surface area is 156 Å². The topological polar surface area (TPSA) is 61.4 Å². The van der Waals surface area contributed by atoms with Crippen molar-refractivity contribution < 1.29 is 9.59 Å². The lowest BCUT2D eigenvalue weighted by molar-refractivity contribution is -0.127. The zero-order valence-corrected chi connectivity index (χ0v) is 16.6. The van der Waals surface area contributed by atoms with Gasteiger partial charge in [-0.1, -0.05) is 17.7 Å². The van der Waals surface area contributed by atoms with Gasteiger partial charge in [-0.05, 0) is 59.6 Å². The maximum Gasteiger partial charge on any atom is 0.227 e. The van der Waals surface area contributed by atoms with Crippen LogP contribution in [0.1, 0.15) is 52.5 Å². The lowest BCUT2D eigenvalue weighted by Gasteiger charge is -2.46. The monoisotopic (exact) mass is 357 g/mol. The molecule has 5 nitrogen and oxygen atoms in total. The number of nitrogens with one attached hydrogen (secondary N) is 2. The molecule has 0 bridgehead atoms. The molecular weight excluding hydrogens is 326 g/mol. The van der Waals surface area contributed by atoms with Crippen LogP contribution < -0.4 is 15.5 Å². The van der Waals surface area contributed by atoms with Gasteiger partial charge in [0.05, 0.1) is 5.92 Å². The fourth-order valence-electron chi connectivity index (χ4n) is 4.60. The standard InChI is InChI=1S/C21H31N3O2/c1-14-6-8-17(9-7-14)24-13-15(10-18(24)25)19(26)22-16-11-20(2,3)23-21(4,5)12-16/h6-9,15-16,23H,10-13H2,1-5H3,(H,22,26). The van der Waals surface area contributed by atoms with Crippen LogP contribution in [0.5, 0.6) is 0 Å². The average molecular weight is 357 g/mol. The van der Waals surface area contributed by atoms with Crippen LogP contribution in [0.15, 0.2) is 24.3 Å². The number of nitrogens with zero attached hydrogens (tertiary/aromatic N) is 1. The summed E-state index contributed by atoms with van der Waals surface area (Å²) >= 11 is 0. The smallest absolute Gasteiger partial charge is 0.227 e. The van der Waals surface area contributed by atoms with E-state index in [9.17, 15) is 9.59 Å². The van der Waals surface area contributed by atoms with Crippen LogP contribution in [0.25, 0.3) is 0 Å². The van der Waals surface area contributed by atoms with Gasteiger partial charge in [0.2, 0.25) is 11.8 Å². The molecule has 142 valence electrons. The van der Waals surface area contributed by atoms with Crippen LogP contribution in [0.2, 0.25) is 0 Å². The third-order valence-corrected chi connectivity index (χ3v) is 5.38. The minimum absolute atomic E-state index is 0.00598. The molecule has 2 aliphatic rings. The van der Waals surface area contributed by atoms with Crippen molar-refractivity contribution in [3.05, 3.63) is 29.8 Å². The number of carbonyl (C=O) groups is 2. The Kier molecular flexibility index (Phi) is 4.86. The van der Waals surface area contributed by atoms with E-state index < -0.39 is 0 Å². The molecule has 3 rings (SSSR count). The summed E-state index contributed by atoms with van der Waals surface area (Å²) < 4.78 is 0. The van der Waals surface area contributed by atoms with E-state index in [1.54, 1.807) is 4.90 Å². The van der Waals surface area contributed by atoms with Gasteiger partial charge >= 0.3 is 0 Å². The highest BCUT2D eigenvalue weighted by Crippen LogP contribution is 2.30. The number of benzene rings is 1. The Balaban J connectivity index is 1.64. The number of carbonyl (C=O) groups excluding carboxylic acids is 2. The van der Waals surface area contributed by atoms with E-state index in [0.717, 1.165) is 24.1 Å². The molecule has 2 heterocycles. The number of rotatable bonds is 3. The van der Waals surface area contributed by atoms with Crippen molar-refractivity contribution >= 4 is 17.5 Å². The molecule has 0 saturated carbocycles. The van der Waals surface area contributed by atoms with E-state index in [0.29, 0.717) is 6.54 Å². The summed E-state index contributed by atoms with van der Waals surface area (Å²) in [6.45, 7) is 11.2. The molecule has 0 aliphatic carbocycles. The highest BCUT2D eigenvalue weighted by atomic mass is 16.2. The number of anilines is 1. The predicted molar refractivity (Wildman–Crippen MR) is 104 cm³/mol. The van der Waals surface area contributed by atoms with Crippen molar-refractivity contribution in [2.24, 2.45) is 5.92 Å². The van der Waals surface area contributed by atoms with Gasteiger partial charge in [0.1, 0.15) is 0 Å². The Morgan fingerprint density at radius 2 is 1.69 bits per heavy atom. The Morgan fingerprint density at radius 3 is 2.27 bits per heavy atom. The minimum Gasteiger partial charge on any atom is -0.353 e. The molecule has 1 unspecified atom stereocenters.